The number of rotatable bonds is 5. The second kappa shape index (κ2) is 8.18. The van der Waals surface area contributed by atoms with Crippen LogP contribution in [0.1, 0.15) is 30.4 Å². The van der Waals surface area contributed by atoms with Crippen molar-refractivity contribution in [3.05, 3.63) is 59.2 Å². The molecule has 0 spiro atoms. The lowest BCUT2D eigenvalue weighted by Crippen LogP contribution is -2.35. The van der Waals surface area contributed by atoms with Gasteiger partial charge in [-0.2, -0.15) is 0 Å². The molecule has 8 heteroatoms. The zero-order chi connectivity index (χ0) is 21.4. The highest BCUT2D eigenvalue weighted by molar-refractivity contribution is 8.15. The molecule has 1 saturated carbocycles. The molecule has 1 aliphatic heterocycles. The first kappa shape index (κ1) is 20.5. The van der Waals surface area contributed by atoms with Crippen molar-refractivity contribution in [1.82, 2.24) is 4.90 Å². The van der Waals surface area contributed by atoms with Gasteiger partial charge in [-0.15, -0.1) is 0 Å². The van der Waals surface area contributed by atoms with E-state index in [1.54, 1.807) is 4.90 Å². The molecular weight excluding hydrogens is 408 g/mol. The maximum absolute atomic E-state index is 13.8. The van der Waals surface area contributed by atoms with E-state index in [1.165, 1.54) is 11.8 Å². The average Bonchev–Trinajstić information content (AvgIpc) is 3.46. The van der Waals surface area contributed by atoms with Crippen molar-refractivity contribution < 1.29 is 18.4 Å². The summed E-state index contributed by atoms with van der Waals surface area (Å²) in [6.45, 7) is 3.94. The van der Waals surface area contributed by atoms with E-state index in [9.17, 15) is 18.4 Å². The van der Waals surface area contributed by atoms with Crippen molar-refractivity contribution in [1.29, 1.82) is 0 Å². The third kappa shape index (κ3) is 4.23. The van der Waals surface area contributed by atoms with Crippen molar-refractivity contribution in [3.63, 3.8) is 0 Å². The maximum atomic E-state index is 13.8. The number of aryl methyl sites for hydroxylation is 2. The van der Waals surface area contributed by atoms with Gasteiger partial charge in [-0.05, 0) is 49.9 Å². The normalized spacial score (nSPS) is 20.1. The molecule has 0 bridgehead atoms. The Balaban J connectivity index is 1.53. The summed E-state index contributed by atoms with van der Waals surface area (Å²) in [5, 5.41) is 2.40. The lowest BCUT2D eigenvalue weighted by atomic mass is 10.1. The van der Waals surface area contributed by atoms with Crippen molar-refractivity contribution in [3.8, 4) is 0 Å². The summed E-state index contributed by atoms with van der Waals surface area (Å²) in [6.07, 6.45) is 1.71. The Bertz CT molecular complexity index is 1030. The van der Waals surface area contributed by atoms with E-state index in [-0.39, 0.29) is 24.1 Å². The van der Waals surface area contributed by atoms with Crippen molar-refractivity contribution in [2.24, 2.45) is 4.99 Å². The Morgan fingerprint density at radius 3 is 2.53 bits per heavy atom. The molecule has 5 nitrogen and oxygen atoms in total. The third-order valence-corrected chi connectivity index (χ3v) is 6.25. The number of hydrogen-bond donors (Lipinski definition) is 1. The number of carbonyl (C=O) groups is 2. The smallest absolute Gasteiger partial charge is 0.242 e. The van der Waals surface area contributed by atoms with Gasteiger partial charge < -0.3 is 5.32 Å². The van der Waals surface area contributed by atoms with Crippen LogP contribution in [0, 0.1) is 25.5 Å². The fraction of sp³-hybridized carbons (Fsp3) is 0.318. The summed E-state index contributed by atoms with van der Waals surface area (Å²) >= 11 is 1.26. The van der Waals surface area contributed by atoms with E-state index >= 15 is 0 Å². The number of halogens is 2. The fourth-order valence-corrected chi connectivity index (χ4v) is 4.60. The summed E-state index contributed by atoms with van der Waals surface area (Å²) in [5.41, 5.74) is 2.75. The Kier molecular flexibility index (Phi) is 5.60. The summed E-state index contributed by atoms with van der Waals surface area (Å²) < 4.78 is 26.9. The number of hydrogen-bond acceptors (Lipinski definition) is 4. The third-order valence-electron chi connectivity index (χ3n) is 5.10. The molecule has 2 aromatic rings. The number of nitrogens with zero attached hydrogens (tertiary/aromatic N) is 2. The molecule has 0 aromatic heterocycles. The first-order valence-electron chi connectivity index (χ1n) is 9.73. The highest BCUT2D eigenvalue weighted by Crippen LogP contribution is 2.40. The van der Waals surface area contributed by atoms with Gasteiger partial charge in [-0.3, -0.25) is 14.5 Å². The monoisotopic (exact) mass is 429 g/mol. The van der Waals surface area contributed by atoms with E-state index < -0.39 is 22.8 Å². The fourth-order valence-electron chi connectivity index (χ4n) is 3.40. The highest BCUT2D eigenvalue weighted by atomic mass is 32.2. The van der Waals surface area contributed by atoms with Crippen LogP contribution < -0.4 is 5.32 Å². The Hall–Kier alpha value is -2.74. The number of carbonyl (C=O) groups excluding carboxylic acids is 2. The van der Waals surface area contributed by atoms with Gasteiger partial charge in [0.1, 0.15) is 16.9 Å². The average molecular weight is 429 g/mol. The van der Waals surface area contributed by atoms with Gasteiger partial charge in [0.15, 0.2) is 5.17 Å². The number of amidine groups is 1. The van der Waals surface area contributed by atoms with Crippen LogP contribution in [0.5, 0.6) is 0 Å². The molecular formula is C22H21F2N3O2S. The molecule has 2 aromatic carbocycles. The molecule has 2 amide bonds. The molecule has 1 aliphatic carbocycles. The first-order valence-corrected chi connectivity index (χ1v) is 10.6. The molecule has 1 N–H and O–H groups in total. The molecule has 1 saturated heterocycles. The SMILES string of the molecule is Cc1cccc(C)c1N=C1SC(CC(=O)Nc2ccc(F)cc2F)C(=O)N1C1CC1. The Morgan fingerprint density at radius 1 is 1.20 bits per heavy atom. The van der Waals surface area contributed by atoms with Crippen molar-refractivity contribution in [2.45, 2.75) is 44.4 Å². The van der Waals surface area contributed by atoms with Gasteiger partial charge in [0.25, 0.3) is 0 Å². The summed E-state index contributed by atoms with van der Waals surface area (Å²) in [6, 6.07) is 8.95. The van der Waals surface area contributed by atoms with Crippen LogP contribution in [0.2, 0.25) is 0 Å². The maximum Gasteiger partial charge on any atom is 0.242 e. The minimum absolute atomic E-state index is 0.111. The van der Waals surface area contributed by atoms with Crippen LogP contribution in [0.15, 0.2) is 41.4 Å². The number of thioether (sulfide) groups is 1. The Morgan fingerprint density at radius 2 is 1.90 bits per heavy atom. The second-order valence-corrected chi connectivity index (χ2v) is 8.73. The second-order valence-electron chi connectivity index (χ2n) is 7.56. The number of aliphatic imine (C=N–C) groups is 1. The molecule has 2 aliphatic rings. The zero-order valence-electron chi connectivity index (χ0n) is 16.6. The Labute approximate surface area is 177 Å². The number of anilines is 1. The van der Waals surface area contributed by atoms with Crippen molar-refractivity contribution in [2.75, 3.05) is 5.32 Å². The molecule has 4 rings (SSSR count). The summed E-state index contributed by atoms with van der Waals surface area (Å²) in [7, 11) is 0. The van der Waals surface area contributed by atoms with Gasteiger partial charge in [0.2, 0.25) is 11.8 Å². The van der Waals surface area contributed by atoms with Gasteiger partial charge in [0, 0.05) is 18.5 Å². The molecule has 1 atom stereocenters. The van der Waals surface area contributed by atoms with Gasteiger partial charge in [-0.1, -0.05) is 30.0 Å². The van der Waals surface area contributed by atoms with E-state index in [0.29, 0.717) is 11.2 Å². The lowest BCUT2D eigenvalue weighted by Gasteiger charge is -2.16. The largest absolute Gasteiger partial charge is 0.324 e. The number of benzene rings is 2. The van der Waals surface area contributed by atoms with E-state index in [2.05, 4.69) is 5.32 Å². The number of nitrogens with one attached hydrogen (secondary N) is 1. The van der Waals surface area contributed by atoms with Gasteiger partial charge >= 0.3 is 0 Å². The molecule has 2 fully saturated rings. The number of amides is 2. The van der Waals surface area contributed by atoms with E-state index in [4.69, 9.17) is 4.99 Å². The predicted octanol–water partition coefficient (Wildman–Crippen LogP) is 4.70. The minimum atomic E-state index is -0.856. The lowest BCUT2D eigenvalue weighted by molar-refractivity contribution is -0.128. The quantitative estimate of drug-likeness (QED) is 0.749. The van der Waals surface area contributed by atoms with Crippen LogP contribution in [-0.4, -0.2) is 33.2 Å². The molecule has 156 valence electrons. The van der Waals surface area contributed by atoms with Gasteiger partial charge in [0.05, 0.1) is 11.4 Å². The predicted molar refractivity (Wildman–Crippen MR) is 114 cm³/mol. The van der Waals surface area contributed by atoms with E-state index in [1.807, 2.05) is 32.0 Å². The topological polar surface area (TPSA) is 61.8 Å². The van der Waals surface area contributed by atoms with Gasteiger partial charge in [-0.25, -0.2) is 13.8 Å². The molecule has 1 unspecified atom stereocenters. The highest BCUT2D eigenvalue weighted by Gasteiger charge is 2.46. The molecule has 0 radical (unpaired) electrons. The van der Waals surface area contributed by atoms with Crippen LogP contribution in [0.3, 0.4) is 0 Å². The first-order chi connectivity index (χ1) is 14.3. The minimum Gasteiger partial charge on any atom is -0.324 e. The standard InChI is InChI=1S/C22H21F2N3O2S/c1-12-4-3-5-13(2)20(12)26-22-27(15-7-8-15)21(29)18(30-22)11-19(28)25-17-9-6-14(23)10-16(17)24/h3-6,9-10,15,18H,7-8,11H2,1-2H3,(H,25,28). The van der Waals surface area contributed by atoms with Crippen LogP contribution in [0.25, 0.3) is 0 Å². The van der Waals surface area contributed by atoms with Crippen molar-refractivity contribution >= 4 is 40.1 Å². The summed E-state index contributed by atoms with van der Waals surface area (Å²) in [5.74, 6) is -2.23. The zero-order valence-corrected chi connectivity index (χ0v) is 17.4. The molecule has 1 heterocycles. The molecule has 30 heavy (non-hydrogen) atoms. The van der Waals surface area contributed by atoms with Crippen LogP contribution in [0.4, 0.5) is 20.2 Å². The summed E-state index contributed by atoms with van der Waals surface area (Å²) in [4.78, 5) is 31.9. The van der Waals surface area contributed by atoms with E-state index in [0.717, 1.165) is 41.8 Å². The van der Waals surface area contributed by atoms with Crippen LogP contribution >= 0.6 is 11.8 Å². The van der Waals surface area contributed by atoms with Crippen LogP contribution in [-0.2, 0) is 9.59 Å². The number of para-hydroxylation sites is 1.